The number of hydrogen-bond donors (Lipinski definition) is 2. The van der Waals surface area contributed by atoms with Gasteiger partial charge >= 0.3 is 0 Å². The van der Waals surface area contributed by atoms with Crippen LogP contribution in [-0.2, 0) is 0 Å². The Morgan fingerprint density at radius 2 is 2.16 bits per heavy atom. The summed E-state index contributed by atoms with van der Waals surface area (Å²) in [6, 6.07) is 3.71. The quantitative estimate of drug-likeness (QED) is 0.750. The van der Waals surface area contributed by atoms with Gasteiger partial charge < -0.3 is 10.3 Å². The molecule has 0 aliphatic carbocycles. The van der Waals surface area contributed by atoms with Gasteiger partial charge in [-0.05, 0) is 18.6 Å². The van der Waals surface area contributed by atoms with Crippen molar-refractivity contribution in [1.82, 2.24) is 15.3 Å². The lowest BCUT2D eigenvalue weighted by molar-refractivity contribution is 0.0949. The maximum atomic E-state index is 11.9. The Balaban J connectivity index is 1.79. The SMILES string of the molecule is CCCCCCCNC(=O)c1cc2cnccc2[nH]1. The average Bonchev–Trinajstić information content (AvgIpc) is 2.86. The highest BCUT2D eigenvalue weighted by atomic mass is 16.1. The lowest BCUT2D eigenvalue weighted by Crippen LogP contribution is -2.24. The Labute approximate surface area is 113 Å². The van der Waals surface area contributed by atoms with Crippen LogP contribution in [0.2, 0.25) is 0 Å². The van der Waals surface area contributed by atoms with Gasteiger partial charge in [-0.25, -0.2) is 0 Å². The molecule has 0 bridgehead atoms. The van der Waals surface area contributed by atoms with Crippen LogP contribution in [0.25, 0.3) is 10.9 Å². The summed E-state index contributed by atoms with van der Waals surface area (Å²) in [4.78, 5) is 19.1. The van der Waals surface area contributed by atoms with Crippen LogP contribution in [0.5, 0.6) is 0 Å². The van der Waals surface area contributed by atoms with Gasteiger partial charge in [0.2, 0.25) is 0 Å². The molecule has 2 N–H and O–H groups in total. The van der Waals surface area contributed by atoms with E-state index in [1.807, 2.05) is 12.1 Å². The Morgan fingerprint density at radius 1 is 1.32 bits per heavy atom. The predicted octanol–water partition coefficient (Wildman–Crippen LogP) is 3.26. The number of aromatic amines is 1. The minimum absolute atomic E-state index is 0.0355. The first kappa shape index (κ1) is 13.6. The van der Waals surface area contributed by atoms with Crippen molar-refractivity contribution < 1.29 is 4.79 Å². The lowest BCUT2D eigenvalue weighted by atomic mass is 10.1. The highest BCUT2D eigenvalue weighted by Crippen LogP contribution is 2.13. The first-order valence-corrected chi connectivity index (χ1v) is 7.02. The molecule has 2 aromatic rings. The van der Waals surface area contributed by atoms with E-state index in [1.54, 1.807) is 12.4 Å². The van der Waals surface area contributed by atoms with Crippen LogP contribution in [0.3, 0.4) is 0 Å². The normalized spacial score (nSPS) is 10.8. The fraction of sp³-hybridized carbons (Fsp3) is 0.467. The summed E-state index contributed by atoms with van der Waals surface area (Å²) in [6.07, 6.45) is 9.49. The summed E-state index contributed by atoms with van der Waals surface area (Å²) in [6.45, 7) is 2.95. The zero-order valence-corrected chi connectivity index (χ0v) is 11.4. The Kier molecular flexibility index (Phi) is 4.95. The molecule has 0 aromatic carbocycles. The van der Waals surface area contributed by atoms with Gasteiger partial charge in [0, 0.05) is 29.8 Å². The van der Waals surface area contributed by atoms with E-state index >= 15 is 0 Å². The second-order valence-corrected chi connectivity index (χ2v) is 4.82. The summed E-state index contributed by atoms with van der Waals surface area (Å²) >= 11 is 0. The number of nitrogens with one attached hydrogen (secondary N) is 2. The maximum Gasteiger partial charge on any atom is 0.267 e. The van der Waals surface area contributed by atoms with E-state index in [1.165, 1.54) is 25.7 Å². The summed E-state index contributed by atoms with van der Waals surface area (Å²) < 4.78 is 0. The molecular weight excluding hydrogens is 238 g/mol. The third-order valence-corrected chi connectivity index (χ3v) is 3.23. The summed E-state index contributed by atoms with van der Waals surface area (Å²) in [5.41, 5.74) is 1.56. The molecule has 0 saturated heterocycles. The summed E-state index contributed by atoms with van der Waals surface area (Å²) in [7, 11) is 0. The van der Waals surface area contributed by atoms with E-state index < -0.39 is 0 Å². The number of hydrogen-bond acceptors (Lipinski definition) is 2. The van der Waals surface area contributed by atoms with Crippen LogP contribution in [0.4, 0.5) is 0 Å². The number of amides is 1. The predicted molar refractivity (Wildman–Crippen MR) is 77.2 cm³/mol. The van der Waals surface area contributed by atoms with Crippen LogP contribution in [-0.4, -0.2) is 22.4 Å². The number of unbranched alkanes of at least 4 members (excludes halogenated alkanes) is 4. The smallest absolute Gasteiger partial charge is 0.267 e. The fourth-order valence-electron chi connectivity index (χ4n) is 2.12. The van der Waals surface area contributed by atoms with Crippen molar-refractivity contribution in [2.75, 3.05) is 6.54 Å². The summed E-state index contributed by atoms with van der Waals surface area (Å²) in [5, 5.41) is 3.91. The van der Waals surface area contributed by atoms with Crippen molar-refractivity contribution in [3.05, 3.63) is 30.2 Å². The molecule has 2 heterocycles. The number of carbonyl (C=O) groups is 1. The monoisotopic (exact) mass is 259 g/mol. The van der Waals surface area contributed by atoms with E-state index in [0.29, 0.717) is 5.69 Å². The van der Waals surface area contributed by atoms with Crippen molar-refractivity contribution in [2.45, 2.75) is 39.0 Å². The molecule has 2 rings (SSSR count). The Morgan fingerprint density at radius 3 is 2.95 bits per heavy atom. The number of pyridine rings is 1. The largest absolute Gasteiger partial charge is 0.351 e. The molecule has 19 heavy (non-hydrogen) atoms. The third-order valence-electron chi connectivity index (χ3n) is 3.23. The molecule has 0 radical (unpaired) electrons. The molecular formula is C15H21N3O. The molecule has 0 fully saturated rings. The van der Waals surface area contributed by atoms with Crippen molar-refractivity contribution in [3.63, 3.8) is 0 Å². The molecule has 0 atom stereocenters. The Hall–Kier alpha value is -1.84. The van der Waals surface area contributed by atoms with Gasteiger partial charge in [0.1, 0.15) is 5.69 Å². The zero-order chi connectivity index (χ0) is 13.5. The molecule has 0 aliphatic heterocycles. The first-order valence-electron chi connectivity index (χ1n) is 7.02. The van der Waals surface area contributed by atoms with Crippen molar-refractivity contribution in [3.8, 4) is 0 Å². The molecule has 0 aliphatic rings. The number of fused-ring (bicyclic) bond motifs is 1. The summed E-state index contributed by atoms with van der Waals surface area (Å²) in [5.74, 6) is -0.0355. The molecule has 0 saturated carbocycles. The van der Waals surface area contributed by atoms with Crippen LogP contribution in [0, 0.1) is 0 Å². The highest BCUT2D eigenvalue weighted by Gasteiger charge is 2.08. The number of aromatic nitrogens is 2. The second kappa shape index (κ2) is 6.92. The van der Waals surface area contributed by atoms with Crippen LogP contribution >= 0.6 is 0 Å². The van der Waals surface area contributed by atoms with Crippen LogP contribution < -0.4 is 5.32 Å². The molecule has 2 aromatic heterocycles. The van der Waals surface area contributed by atoms with Crippen molar-refractivity contribution in [1.29, 1.82) is 0 Å². The third kappa shape index (κ3) is 3.81. The van der Waals surface area contributed by atoms with Crippen LogP contribution in [0.1, 0.15) is 49.5 Å². The molecule has 0 spiro atoms. The molecule has 4 heteroatoms. The van der Waals surface area contributed by atoms with E-state index in [9.17, 15) is 4.79 Å². The van der Waals surface area contributed by atoms with E-state index in [0.717, 1.165) is 23.9 Å². The van der Waals surface area contributed by atoms with E-state index in [2.05, 4.69) is 22.2 Å². The molecule has 102 valence electrons. The van der Waals surface area contributed by atoms with E-state index in [4.69, 9.17) is 0 Å². The molecule has 1 amide bonds. The van der Waals surface area contributed by atoms with Gasteiger partial charge in [-0.15, -0.1) is 0 Å². The number of rotatable bonds is 7. The van der Waals surface area contributed by atoms with Gasteiger partial charge in [-0.3, -0.25) is 9.78 Å². The lowest BCUT2D eigenvalue weighted by Gasteiger charge is -2.03. The van der Waals surface area contributed by atoms with Gasteiger partial charge in [0.15, 0.2) is 0 Å². The van der Waals surface area contributed by atoms with Crippen molar-refractivity contribution in [2.24, 2.45) is 0 Å². The topological polar surface area (TPSA) is 57.8 Å². The standard InChI is InChI=1S/C15H21N3O/c1-2-3-4-5-6-8-17-15(19)14-10-12-11-16-9-7-13(12)18-14/h7,9-11,18H,2-6,8H2,1H3,(H,17,19). The number of carbonyl (C=O) groups excluding carboxylic acids is 1. The Bertz CT molecular complexity index is 500. The number of H-pyrrole nitrogens is 1. The van der Waals surface area contributed by atoms with Gasteiger partial charge in [0.25, 0.3) is 5.91 Å². The van der Waals surface area contributed by atoms with Gasteiger partial charge in [0.05, 0.1) is 0 Å². The fourth-order valence-corrected chi connectivity index (χ4v) is 2.12. The second-order valence-electron chi connectivity index (χ2n) is 4.82. The molecule has 0 unspecified atom stereocenters. The maximum absolute atomic E-state index is 11.9. The van der Waals surface area contributed by atoms with Gasteiger partial charge in [-0.2, -0.15) is 0 Å². The van der Waals surface area contributed by atoms with E-state index in [-0.39, 0.29) is 5.91 Å². The minimum Gasteiger partial charge on any atom is -0.351 e. The minimum atomic E-state index is -0.0355. The zero-order valence-electron chi connectivity index (χ0n) is 11.4. The molecule has 4 nitrogen and oxygen atoms in total. The van der Waals surface area contributed by atoms with Crippen LogP contribution in [0.15, 0.2) is 24.5 Å². The highest BCUT2D eigenvalue weighted by molar-refractivity contribution is 5.97. The number of nitrogens with zero attached hydrogens (tertiary/aromatic N) is 1. The first-order chi connectivity index (χ1) is 9.31. The van der Waals surface area contributed by atoms with Crippen molar-refractivity contribution >= 4 is 16.8 Å². The average molecular weight is 259 g/mol. The van der Waals surface area contributed by atoms with Gasteiger partial charge in [-0.1, -0.05) is 32.6 Å².